The number of ether oxygens (including phenoxy) is 1. The van der Waals surface area contributed by atoms with E-state index in [0.29, 0.717) is 23.7 Å². The molecular weight excluding hydrogens is 299 g/mol. The summed E-state index contributed by atoms with van der Waals surface area (Å²) >= 11 is 3.24. The maximum absolute atomic E-state index is 13.5. The van der Waals surface area contributed by atoms with Crippen molar-refractivity contribution in [1.29, 1.82) is 0 Å². The number of halogens is 2. The van der Waals surface area contributed by atoms with Gasteiger partial charge < -0.3 is 9.84 Å². The van der Waals surface area contributed by atoms with Gasteiger partial charge >= 0.3 is 0 Å². The first-order chi connectivity index (χ1) is 8.39. The molecule has 100 valence electrons. The van der Waals surface area contributed by atoms with Gasteiger partial charge in [0.25, 0.3) is 0 Å². The van der Waals surface area contributed by atoms with Crippen LogP contribution in [0.1, 0.15) is 32.3 Å². The predicted octanol–water partition coefficient (Wildman–Crippen LogP) is 3.45. The lowest BCUT2D eigenvalue weighted by Crippen LogP contribution is -2.44. The average molecular weight is 317 g/mol. The highest BCUT2D eigenvalue weighted by Crippen LogP contribution is 2.34. The number of rotatable bonds is 2. The van der Waals surface area contributed by atoms with E-state index in [1.54, 1.807) is 6.07 Å². The van der Waals surface area contributed by atoms with E-state index in [0.717, 1.165) is 5.56 Å². The minimum Gasteiger partial charge on any atom is -0.389 e. The third-order valence-corrected chi connectivity index (χ3v) is 4.24. The van der Waals surface area contributed by atoms with Crippen molar-refractivity contribution in [2.75, 3.05) is 0 Å². The largest absolute Gasteiger partial charge is 0.389 e. The molecule has 0 amide bonds. The van der Waals surface area contributed by atoms with E-state index in [1.165, 1.54) is 6.07 Å². The molecule has 1 aromatic carbocycles. The zero-order chi connectivity index (χ0) is 13.3. The fourth-order valence-corrected chi connectivity index (χ4v) is 3.23. The van der Waals surface area contributed by atoms with Crippen LogP contribution < -0.4 is 0 Å². The van der Waals surface area contributed by atoms with Gasteiger partial charge in [0, 0.05) is 19.3 Å². The Morgan fingerprint density at radius 1 is 1.39 bits per heavy atom. The van der Waals surface area contributed by atoms with Crippen molar-refractivity contribution in [3.8, 4) is 0 Å². The van der Waals surface area contributed by atoms with Gasteiger partial charge in [-0.25, -0.2) is 4.39 Å². The average Bonchev–Trinajstić information content (AvgIpc) is 2.22. The minimum absolute atomic E-state index is 0.0334. The Bertz CT molecular complexity index is 426. The molecule has 4 heteroatoms. The van der Waals surface area contributed by atoms with Gasteiger partial charge in [-0.05, 0) is 41.4 Å². The van der Waals surface area contributed by atoms with Crippen LogP contribution in [0.3, 0.4) is 0 Å². The maximum atomic E-state index is 13.5. The van der Waals surface area contributed by atoms with Gasteiger partial charge in [0.15, 0.2) is 0 Å². The van der Waals surface area contributed by atoms with E-state index in [2.05, 4.69) is 15.9 Å². The molecular formula is C14H18BrFO2. The molecule has 1 aliphatic heterocycles. The van der Waals surface area contributed by atoms with Gasteiger partial charge in [0.1, 0.15) is 5.82 Å². The molecule has 18 heavy (non-hydrogen) atoms. The molecule has 0 aliphatic carbocycles. The molecule has 2 atom stereocenters. The van der Waals surface area contributed by atoms with Crippen LogP contribution in [-0.2, 0) is 11.2 Å². The molecule has 1 aromatic rings. The molecule has 1 heterocycles. The molecule has 0 saturated carbocycles. The minimum atomic E-state index is -0.812. The molecule has 0 spiro atoms. The van der Waals surface area contributed by atoms with Crippen molar-refractivity contribution in [3.63, 3.8) is 0 Å². The first-order valence-corrected chi connectivity index (χ1v) is 7.00. The number of hydrogen-bond donors (Lipinski definition) is 1. The van der Waals surface area contributed by atoms with Gasteiger partial charge in [-0.3, -0.25) is 0 Å². The summed E-state index contributed by atoms with van der Waals surface area (Å²) in [5.74, 6) is -0.288. The van der Waals surface area contributed by atoms with E-state index in [4.69, 9.17) is 4.74 Å². The Morgan fingerprint density at radius 3 is 2.61 bits per heavy atom. The normalized spacial score (nSPS) is 32.5. The summed E-state index contributed by atoms with van der Waals surface area (Å²) in [6.45, 7) is 3.92. The van der Waals surface area contributed by atoms with Gasteiger partial charge in [-0.2, -0.15) is 0 Å². The fourth-order valence-electron chi connectivity index (χ4n) is 2.83. The molecule has 0 bridgehead atoms. The standard InChI is InChI=1S/C14H18BrFO2/c1-9-6-14(17,7-10(2)18-9)8-11-4-3-5-12(16)13(11)15/h3-5,9-10,17H,6-8H2,1-2H3. The lowest BCUT2D eigenvalue weighted by atomic mass is 9.82. The van der Waals surface area contributed by atoms with Crippen LogP contribution in [0.15, 0.2) is 22.7 Å². The van der Waals surface area contributed by atoms with Gasteiger partial charge in [0.05, 0.1) is 22.3 Å². The third-order valence-electron chi connectivity index (χ3n) is 3.35. The fraction of sp³-hybridized carbons (Fsp3) is 0.571. The monoisotopic (exact) mass is 316 g/mol. The lowest BCUT2D eigenvalue weighted by Gasteiger charge is -2.39. The van der Waals surface area contributed by atoms with Crippen molar-refractivity contribution in [1.82, 2.24) is 0 Å². The topological polar surface area (TPSA) is 29.5 Å². The highest BCUT2D eigenvalue weighted by Gasteiger charge is 2.37. The smallest absolute Gasteiger partial charge is 0.137 e. The van der Waals surface area contributed by atoms with Crippen LogP contribution in [0.2, 0.25) is 0 Å². The molecule has 0 aromatic heterocycles. The first kappa shape index (κ1) is 14.0. The predicted molar refractivity (Wildman–Crippen MR) is 72.0 cm³/mol. The van der Waals surface area contributed by atoms with Gasteiger partial charge in [-0.1, -0.05) is 12.1 Å². The molecule has 1 N–H and O–H groups in total. The summed E-state index contributed by atoms with van der Waals surface area (Å²) in [6.07, 6.45) is 1.68. The quantitative estimate of drug-likeness (QED) is 0.905. The van der Waals surface area contributed by atoms with Crippen LogP contribution >= 0.6 is 15.9 Å². The molecule has 1 fully saturated rings. The Hall–Kier alpha value is -0.450. The van der Waals surface area contributed by atoms with E-state index in [9.17, 15) is 9.50 Å². The molecule has 2 nitrogen and oxygen atoms in total. The van der Waals surface area contributed by atoms with E-state index < -0.39 is 5.60 Å². The summed E-state index contributed by atoms with van der Waals surface area (Å²) in [6, 6.07) is 4.92. The van der Waals surface area contributed by atoms with Crippen molar-refractivity contribution in [3.05, 3.63) is 34.1 Å². The molecule has 0 radical (unpaired) electrons. The summed E-state index contributed by atoms with van der Waals surface area (Å²) in [5.41, 5.74) is -0.00766. The highest BCUT2D eigenvalue weighted by atomic mass is 79.9. The summed E-state index contributed by atoms with van der Waals surface area (Å²) in [5, 5.41) is 10.7. The van der Waals surface area contributed by atoms with Crippen molar-refractivity contribution in [2.24, 2.45) is 0 Å². The van der Waals surface area contributed by atoms with E-state index in [-0.39, 0.29) is 18.0 Å². The summed E-state index contributed by atoms with van der Waals surface area (Å²) < 4.78 is 19.5. The second kappa shape index (κ2) is 5.27. The molecule has 2 rings (SSSR count). The van der Waals surface area contributed by atoms with Crippen LogP contribution in [0.5, 0.6) is 0 Å². The Balaban J connectivity index is 2.19. The van der Waals surface area contributed by atoms with Crippen LogP contribution in [0, 0.1) is 5.82 Å². The molecule has 2 unspecified atom stereocenters. The lowest BCUT2D eigenvalue weighted by molar-refractivity contribution is -0.130. The molecule has 1 aliphatic rings. The SMILES string of the molecule is CC1CC(O)(Cc2cccc(F)c2Br)CC(C)O1. The Labute approximate surface area is 115 Å². The number of hydrogen-bond acceptors (Lipinski definition) is 2. The second-order valence-electron chi connectivity index (χ2n) is 5.28. The van der Waals surface area contributed by atoms with E-state index >= 15 is 0 Å². The Kier molecular flexibility index (Phi) is 4.09. The van der Waals surface area contributed by atoms with Gasteiger partial charge in [0.2, 0.25) is 0 Å². The number of aliphatic hydroxyl groups is 1. The van der Waals surface area contributed by atoms with Gasteiger partial charge in [-0.15, -0.1) is 0 Å². The van der Waals surface area contributed by atoms with Crippen LogP contribution in [0.4, 0.5) is 4.39 Å². The molecule has 1 saturated heterocycles. The van der Waals surface area contributed by atoms with Crippen molar-refractivity contribution in [2.45, 2.75) is 50.9 Å². The van der Waals surface area contributed by atoms with E-state index in [1.807, 2.05) is 19.9 Å². The maximum Gasteiger partial charge on any atom is 0.137 e. The zero-order valence-corrected chi connectivity index (χ0v) is 12.2. The van der Waals surface area contributed by atoms with Crippen molar-refractivity contribution >= 4 is 15.9 Å². The number of benzene rings is 1. The van der Waals surface area contributed by atoms with Crippen LogP contribution in [0.25, 0.3) is 0 Å². The van der Waals surface area contributed by atoms with Crippen LogP contribution in [-0.4, -0.2) is 22.9 Å². The third kappa shape index (κ3) is 3.11. The summed E-state index contributed by atoms with van der Waals surface area (Å²) in [4.78, 5) is 0. The first-order valence-electron chi connectivity index (χ1n) is 6.20. The second-order valence-corrected chi connectivity index (χ2v) is 6.07. The van der Waals surface area contributed by atoms with Crippen molar-refractivity contribution < 1.29 is 14.2 Å². The zero-order valence-electron chi connectivity index (χ0n) is 10.6. The summed E-state index contributed by atoms with van der Waals surface area (Å²) in [7, 11) is 0. The highest BCUT2D eigenvalue weighted by molar-refractivity contribution is 9.10. The Morgan fingerprint density at radius 2 is 2.00 bits per heavy atom.